The molecule has 1 saturated heterocycles. The maximum absolute atomic E-state index is 12.4. The van der Waals surface area contributed by atoms with Crippen LogP contribution < -0.4 is 5.32 Å². The van der Waals surface area contributed by atoms with Crippen molar-refractivity contribution in [3.8, 4) is 0 Å². The molecule has 4 nitrogen and oxygen atoms in total. The first-order valence-corrected chi connectivity index (χ1v) is 7.76. The van der Waals surface area contributed by atoms with E-state index in [1.807, 2.05) is 0 Å². The molecule has 2 aliphatic rings. The molecule has 1 aliphatic heterocycles. The van der Waals surface area contributed by atoms with Crippen LogP contribution in [0.4, 0.5) is 8.78 Å². The topological polar surface area (TPSA) is 47.3 Å². The average molecular weight is 300 g/mol. The highest BCUT2D eigenvalue weighted by molar-refractivity contribution is 5.06. The molecule has 21 heavy (non-hydrogen) atoms. The van der Waals surface area contributed by atoms with E-state index in [0.717, 1.165) is 26.0 Å². The summed E-state index contributed by atoms with van der Waals surface area (Å²) in [5.74, 6) is -0.360. The Bertz CT molecular complexity index is 454. The number of hydrogen-bond donors (Lipinski definition) is 1. The Balaban J connectivity index is 1.50. The summed E-state index contributed by atoms with van der Waals surface area (Å²) in [7, 11) is 0. The lowest BCUT2D eigenvalue weighted by Crippen LogP contribution is -2.50. The Morgan fingerprint density at radius 3 is 2.76 bits per heavy atom. The van der Waals surface area contributed by atoms with Gasteiger partial charge in [-0.15, -0.1) is 0 Å². The van der Waals surface area contributed by atoms with Gasteiger partial charge in [0.2, 0.25) is 5.76 Å². The smallest absolute Gasteiger partial charge is 0.298 e. The molecule has 2 fully saturated rings. The van der Waals surface area contributed by atoms with Gasteiger partial charge < -0.3 is 14.6 Å². The second-order valence-corrected chi connectivity index (χ2v) is 6.20. The first kappa shape index (κ1) is 14.9. The van der Waals surface area contributed by atoms with Crippen molar-refractivity contribution in [2.45, 2.75) is 57.6 Å². The normalized spacial score (nSPS) is 25.0. The summed E-state index contributed by atoms with van der Waals surface area (Å²) in [5, 5.41) is 7.01. The number of alkyl halides is 2. The highest BCUT2D eigenvalue weighted by Crippen LogP contribution is 2.47. The quantitative estimate of drug-likeness (QED) is 0.874. The molecule has 0 bridgehead atoms. The van der Waals surface area contributed by atoms with Crippen molar-refractivity contribution in [2.75, 3.05) is 13.2 Å². The third kappa shape index (κ3) is 3.26. The molecule has 3 rings (SSSR count). The van der Waals surface area contributed by atoms with Gasteiger partial charge in [-0.1, -0.05) is 11.6 Å². The Kier molecular flexibility index (Phi) is 4.54. The van der Waals surface area contributed by atoms with E-state index in [0.29, 0.717) is 18.3 Å². The van der Waals surface area contributed by atoms with Gasteiger partial charge in [0.15, 0.2) is 0 Å². The molecule has 0 spiro atoms. The zero-order valence-electron chi connectivity index (χ0n) is 12.1. The first-order chi connectivity index (χ1) is 10.2. The molecule has 0 radical (unpaired) electrons. The number of aromatic nitrogens is 1. The van der Waals surface area contributed by atoms with Gasteiger partial charge in [0.25, 0.3) is 6.43 Å². The Morgan fingerprint density at radius 2 is 2.19 bits per heavy atom. The predicted octanol–water partition coefficient (Wildman–Crippen LogP) is 3.44. The molecule has 1 saturated carbocycles. The van der Waals surface area contributed by atoms with Crippen LogP contribution in [-0.2, 0) is 11.3 Å². The molecule has 1 aromatic heterocycles. The van der Waals surface area contributed by atoms with E-state index >= 15 is 0 Å². The third-order valence-electron chi connectivity index (χ3n) is 4.79. The van der Waals surface area contributed by atoms with Crippen molar-refractivity contribution in [3.63, 3.8) is 0 Å². The van der Waals surface area contributed by atoms with Crippen LogP contribution in [0.2, 0.25) is 0 Å². The second-order valence-electron chi connectivity index (χ2n) is 6.20. The fourth-order valence-corrected chi connectivity index (χ4v) is 3.42. The van der Waals surface area contributed by atoms with Crippen LogP contribution in [0.25, 0.3) is 0 Å². The molecular weight excluding hydrogens is 278 g/mol. The number of halogens is 2. The molecule has 0 aromatic carbocycles. The van der Waals surface area contributed by atoms with Crippen LogP contribution in [0.1, 0.15) is 56.4 Å². The summed E-state index contributed by atoms with van der Waals surface area (Å²) >= 11 is 0. The fourth-order valence-electron chi connectivity index (χ4n) is 3.42. The second kappa shape index (κ2) is 6.40. The number of ether oxygens (including phenoxy) is 1. The van der Waals surface area contributed by atoms with Gasteiger partial charge in [0.05, 0.1) is 11.8 Å². The van der Waals surface area contributed by atoms with Crippen LogP contribution in [-0.4, -0.2) is 24.4 Å². The van der Waals surface area contributed by atoms with Crippen molar-refractivity contribution in [1.82, 2.24) is 10.5 Å². The Morgan fingerprint density at radius 1 is 1.33 bits per heavy atom. The van der Waals surface area contributed by atoms with Gasteiger partial charge in [-0.25, -0.2) is 8.78 Å². The minimum absolute atomic E-state index is 0.232. The maximum atomic E-state index is 12.4. The predicted molar refractivity (Wildman–Crippen MR) is 73.0 cm³/mol. The van der Waals surface area contributed by atoms with Gasteiger partial charge in [-0.2, -0.15) is 0 Å². The van der Waals surface area contributed by atoms with Gasteiger partial charge in [0, 0.05) is 31.2 Å². The van der Waals surface area contributed by atoms with E-state index in [1.165, 1.54) is 31.7 Å². The summed E-state index contributed by atoms with van der Waals surface area (Å²) in [6, 6.07) is 1.32. The fraction of sp³-hybridized carbons (Fsp3) is 0.800. The molecule has 6 heteroatoms. The molecule has 1 unspecified atom stereocenters. The SMILES string of the molecule is FC(F)c1cc(CNCC2(C3CCCCO3)CCC2)no1. The molecule has 118 valence electrons. The molecule has 1 aliphatic carbocycles. The maximum Gasteiger partial charge on any atom is 0.298 e. The van der Waals surface area contributed by atoms with Crippen LogP contribution in [0.15, 0.2) is 10.6 Å². The van der Waals surface area contributed by atoms with E-state index in [9.17, 15) is 8.78 Å². The minimum atomic E-state index is -2.60. The van der Waals surface area contributed by atoms with Gasteiger partial charge in [-0.05, 0) is 32.1 Å². The van der Waals surface area contributed by atoms with Gasteiger partial charge in [0.1, 0.15) is 0 Å². The number of hydrogen-bond acceptors (Lipinski definition) is 4. The monoisotopic (exact) mass is 300 g/mol. The zero-order valence-corrected chi connectivity index (χ0v) is 12.1. The summed E-state index contributed by atoms with van der Waals surface area (Å²) in [6.07, 6.45) is 4.92. The largest absolute Gasteiger partial charge is 0.378 e. The van der Waals surface area contributed by atoms with E-state index in [4.69, 9.17) is 4.74 Å². The average Bonchev–Trinajstić information content (AvgIpc) is 2.92. The molecular formula is C15H22F2N2O2. The summed E-state index contributed by atoms with van der Waals surface area (Å²) in [4.78, 5) is 0. The summed E-state index contributed by atoms with van der Waals surface area (Å²) in [6.45, 7) is 2.19. The van der Waals surface area contributed by atoms with E-state index in [1.54, 1.807) is 0 Å². The summed E-state index contributed by atoms with van der Waals surface area (Å²) in [5.41, 5.74) is 0.764. The molecule has 1 aromatic rings. The van der Waals surface area contributed by atoms with E-state index in [-0.39, 0.29) is 11.2 Å². The number of rotatable bonds is 6. The van der Waals surface area contributed by atoms with Gasteiger partial charge in [-0.3, -0.25) is 0 Å². The Labute approximate surface area is 123 Å². The Hall–Kier alpha value is -1.01. The summed E-state index contributed by atoms with van der Waals surface area (Å²) < 4.78 is 35.4. The highest BCUT2D eigenvalue weighted by atomic mass is 19.3. The van der Waals surface area contributed by atoms with Crippen LogP contribution in [0.5, 0.6) is 0 Å². The standard InChI is InChI=1S/C15H22F2N2O2/c16-14(17)12-8-11(19-21-12)9-18-10-15(5-3-6-15)13-4-1-2-7-20-13/h8,13-14,18H,1-7,9-10H2. The van der Waals surface area contributed by atoms with Crippen molar-refractivity contribution in [2.24, 2.45) is 5.41 Å². The van der Waals surface area contributed by atoms with Gasteiger partial charge >= 0.3 is 0 Å². The molecule has 2 heterocycles. The number of nitrogens with zero attached hydrogens (tertiary/aromatic N) is 1. The molecule has 1 atom stereocenters. The lowest BCUT2D eigenvalue weighted by molar-refractivity contribution is -0.103. The van der Waals surface area contributed by atoms with Crippen LogP contribution >= 0.6 is 0 Å². The number of nitrogens with one attached hydrogen (secondary N) is 1. The molecule has 1 N–H and O–H groups in total. The molecule has 0 amide bonds. The first-order valence-electron chi connectivity index (χ1n) is 7.76. The van der Waals surface area contributed by atoms with Crippen molar-refractivity contribution < 1.29 is 18.0 Å². The zero-order chi connectivity index (χ0) is 14.7. The lowest BCUT2D eigenvalue weighted by Gasteiger charge is -2.49. The van der Waals surface area contributed by atoms with E-state index in [2.05, 4.69) is 15.0 Å². The lowest BCUT2D eigenvalue weighted by atomic mass is 9.63. The van der Waals surface area contributed by atoms with Crippen molar-refractivity contribution in [1.29, 1.82) is 0 Å². The third-order valence-corrected chi connectivity index (χ3v) is 4.79. The van der Waals surface area contributed by atoms with Crippen molar-refractivity contribution >= 4 is 0 Å². The highest BCUT2D eigenvalue weighted by Gasteiger charge is 2.44. The van der Waals surface area contributed by atoms with Crippen molar-refractivity contribution in [3.05, 3.63) is 17.5 Å². The van der Waals surface area contributed by atoms with E-state index < -0.39 is 6.43 Å². The minimum Gasteiger partial charge on any atom is -0.378 e. The van der Waals surface area contributed by atoms with Crippen LogP contribution in [0, 0.1) is 5.41 Å². The van der Waals surface area contributed by atoms with Crippen LogP contribution in [0.3, 0.4) is 0 Å².